The summed E-state index contributed by atoms with van der Waals surface area (Å²) in [5.74, 6) is 0.792. The Morgan fingerprint density at radius 1 is 1.19 bits per heavy atom. The van der Waals surface area contributed by atoms with Gasteiger partial charge in [0.25, 0.3) is 0 Å². The zero-order valence-electron chi connectivity index (χ0n) is 11.3. The second-order valence-corrected chi connectivity index (χ2v) is 6.35. The summed E-state index contributed by atoms with van der Waals surface area (Å²) >= 11 is 0. The molecule has 16 heavy (non-hydrogen) atoms. The molecule has 1 aliphatic heterocycles. The summed E-state index contributed by atoms with van der Waals surface area (Å²) in [7, 11) is 0. The van der Waals surface area contributed by atoms with Gasteiger partial charge >= 0.3 is 0 Å². The first-order chi connectivity index (χ1) is 7.60. The molecular weight excluding hydrogens is 196 g/mol. The van der Waals surface area contributed by atoms with E-state index in [4.69, 9.17) is 0 Å². The Morgan fingerprint density at radius 3 is 2.56 bits per heavy atom. The van der Waals surface area contributed by atoms with Crippen LogP contribution in [0.25, 0.3) is 0 Å². The van der Waals surface area contributed by atoms with Gasteiger partial charge in [0, 0.05) is 24.7 Å². The van der Waals surface area contributed by atoms with Gasteiger partial charge in [0.1, 0.15) is 0 Å². The Morgan fingerprint density at radius 2 is 1.88 bits per heavy atom. The predicted molar refractivity (Wildman–Crippen MR) is 69.7 cm³/mol. The maximum atomic E-state index is 3.63. The zero-order chi connectivity index (χ0) is 11.6. The number of nitrogens with one attached hydrogen (secondary N) is 1. The number of rotatable bonds is 1. The van der Waals surface area contributed by atoms with E-state index in [9.17, 15) is 0 Å². The van der Waals surface area contributed by atoms with Crippen LogP contribution in [0.1, 0.15) is 52.9 Å². The molecule has 1 N–H and O–H groups in total. The van der Waals surface area contributed by atoms with Crippen LogP contribution in [0.2, 0.25) is 0 Å². The average Bonchev–Trinajstić information content (AvgIpc) is 2.67. The first-order valence-electron chi connectivity index (χ1n) is 7.08. The van der Waals surface area contributed by atoms with Crippen molar-refractivity contribution in [3.63, 3.8) is 0 Å². The van der Waals surface area contributed by atoms with Gasteiger partial charge in [0.2, 0.25) is 0 Å². The molecule has 0 radical (unpaired) electrons. The summed E-state index contributed by atoms with van der Waals surface area (Å²) in [6.45, 7) is 11.0. The van der Waals surface area contributed by atoms with Gasteiger partial charge in [0.15, 0.2) is 0 Å². The van der Waals surface area contributed by atoms with Crippen LogP contribution in [-0.2, 0) is 0 Å². The number of hydrogen-bond acceptors (Lipinski definition) is 2. The quantitative estimate of drug-likeness (QED) is 0.736. The fraction of sp³-hybridized carbons (Fsp3) is 1.00. The maximum absolute atomic E-state index is 3.63. The lowest BCUT2D eigenvalue weighted by molar-refractivity contribution is 0.0775. The molecule has 2 unspecified atom stereocenters. The highest BCUT2D eigenvalue weighted by Crippen LogP contribution is 2.35. The number of nitrogens with zero attached hydrogens (tertiary/aromatic N) is 1. The van der Waals surface area contributed by atoms with Gasteiger partial charge in [-0.2, -0.15) is 0 Å². The molecule has 0 aromatic rings. The first-order valence-corrected chi connectivity index (χ1v) is 7.08. The average molecular weight is 224 g/mol. The lowest BCUT2D eigenvalue weighted by Gasteiger charge is -2.42. The molecule has 0 aromatic heterocycles. The van der Waals surface area contributed by atoms with Crippen molar-refractivity contribution in [2.75, 3.05) is 19.6 Å². The van der Waals surface area contributed by atoms with Crippen LogP contribution in [0.4, 0.5) is 0 Å². The van der Waals surface area contributed by atoms with Crippen molar-refractivity contribution in [1.29, 1.82) is 0 Å². The van der Waals surface area contributed by atoms with Gasteiger partial charge in [-0.05, 0) is 45.6 Å². The minimum absolute atomic E-state index is 0.519. The van der Waals surface area contributed by atoms with Gasteiger partial charge < -0.3 is 5.32 Å². The smallest absolute Gasteiger partial charge is 0.0181 e. The van der Waals surface area contributed by atoms with E-state index in [1.165, 1.54) is 51.7 Å². The van der Waals surface area contributed by atoms with Crippen LogP contribution >= 0.6 is 0 Å². The molecule has 94 valence electrons. The Hall–Kier alpha value is -0.0800. The highest BCUT2D eigenvalue weighted by Gasteiger charge is 2.35. The van der Waals surface area contributed by atoms with E-state index >= 15 is 0 Å². The van der Waals surface area contributed by atoms with Gasteiger partial charge in [-0.25, -0.2) is 0 Å². The van der Waals surface area contributed by atoms with Crippen LogP contribution in [-0.4, -0.2) is 36.1 Å². The van der Waals surface area contributed by atoms with E-state index < -0.39 is 0 Å². The van der Waals surface area contributed by atoms with E-state index in [-0.39, 0.29) is 0 Å². The molecule has 2 heteroatoms. The predicted octanol–water partition coefficient (Wildman–Crippen LogP) is 2.64. The topological polar surface area (TPSA) is 15.3 Å². The van der Waals surface area contributed by atoms with Gasteiger partial charge in [-0.1, -0.05) is 19.8 Å². The minimum Gasteiger partial charge on any atom is -0.314 e. The third-order valence-electron chi connectivity index (χ3n) is 4.62. The highest BCUT2D eigenvalue weighted by molar-refractivity contribution is 4.92. The summed E-state index contributed by atoms with van der Waals surface area (Å²) in [6, 6.07) is 0.690. The normalized spacial score (nSPS) is 36.9. The summed E-state index contributed by atoms with van der Waals surface area (Å²) < 4.78 is 0. The van der Waals surface area contributed by atoms with Gasteiger partial charge in [-0.15, -0.1) is 0 Å². The van der Waals surface area contributed by atoms with E-state index in [0.717, 1.165) is 5.92 Å². The molecule has 0 amide bonds. The van der Waals surface area contributed by atoms with Gasteiger partial charge in [-0.3, -0.25) is 4.90 Å². The van der Waals surface area contributed by atoms with E-state index in [1.54, 1.807) is 0 Å². The first kappa shape index (κ1) is 12.4. The molecule has 1 heterocycles. The summed E-state index contributed by atoms with van der Waals surface area (Å²) in [5, 5.41) is 3.63. The van der Waals surface area contributed by atoms with E-state index in [2.05, 4.69) is 31.0 Å². The lowest BCUT2D eigenvalue weighted by Crippen LogP contribution is -2.51. The molecule has 2 fully saturated rings. The van der Waals surface area contributed by atoms with E-state index in [1.807, 2.05) is 0 Å². The molecule has 1 saturated carbocycles. The Kier molecular flexibility index (Phi) is 3.91. The fourth-order valence-corrected chi connectivity index (χ4v) is 3.33. The van der Waals surface area contributed by atoms with Crippen LogP contribution in [0.15, 0.2) is 0 Å². The lowest BCUT2D eigenvalue weighted by atomic mass is 9.94. The Labute approximate surface area is 101 Å². The molecule has 2 atom stereocenters. The molecule has 2 nitrogen and oxygen atoms in total. The van der Waals surface area contributed by atoms with Crippen molar-refractivity contribution < 1.29 is 0 Å². The molecular formula is C14H28N2. The summed E-state index contributed by atoms with van der Waals surface area (Å²) in [6.07, 6.45) is 7.02. The monoisotopic (exact) mass is 224 g/mol. The highest BCUT2D eigenvalue weighted by atomic mass is 15.2. The minimum atomic E-state index is 0.519. The summed E-state index contributed by atoms with van der Waals surface area (Å²) in [4.78, 5) is 2.79. The van der Waals surface area contributed by atoms with Crippen molar-refractivity contribution >= 4 is 0 Å². The molecule has 1 aliphatic carbocycles. The van der Waals surface area contributed by atoms with Crippen molar-refractivity contribution in [1.82, 2.24) is 10.2 Å². The van der Waals surface area contributed by atoms with Crippen LogP contribution in [0.3, 0.4) is 0 Å². The molecule has 1 saturated heterocycles. The maximum Gasteiger partial charge on any atom is 0.0181 e. The molecule has 0 bridgehead atoms. The van der Waals surface area contributed by atoms with E-state index in [0.29, 0.717) is 11.6 Å². The Bertz CT molecular complexity index is 221. The zero-order valence-corrected chi connectivity index (χ0v) is 11.3. The van der Waals surface area contributed by atoms with Gasteiger partial charge in [0.05, 0.1) is 0 Å². The van der Waals surface area contributed by atoms with Crippen LogP contribution < -0.4 is 5.32 Å². The third kappa shape index (κ3) is 2.78. The van der Waals surface area contributed by atoms with Crippen molar-refractivity contribution in [3.8, 4) is 0 Å². The van der Waals surface area contributed by atoms with Crippen LogP contribution in [0.5, 0.6) is 0 Å². The SMILES string of the molecule is CC1CNC(C)CCN(C2(C)CCCC2)C1. The second kappa shape index (κ2) is 5.05. The van der Waals surface area contributed by atoms with Crippen molar-refractivity contribution in [3.05, 3.63) is 0 Å². The molecule has 2 rings (SSSR count). The largest absolute Gasteiger partial charge is 0.314 e. The number of hydrogen-bond donors (Lipinski definition) is 1. The van der Waals surface area contributed by atoms with Crippen molar-refractivity contribution in [2.45, 2.75) is 64.5 Å². The molecule has 0 spiro atoms. The molecule has 0 aromatic carbocycles. The second-order valence-electron chi connectivity index (χ2n) is 6.35. The van der Waals surface area contributed by atoms with Crippen molar-refractivity contribution in [2.24, 2.45) is 5.92 Å². The molecule has 2 aliphatic rings. The summed E-state index contributed by atoms with van der Waals surface area (Å²) in [5.41, 5.74) is 0.519. The third-order valence-corrected chi connectivity index (χ3v) is 4.62. The standard InChI is InChI=1S/C14H28N2/c1-12-10-15-13(2)6-9-16(11-12)14(3)7-4-5-8-14/h12-13,15H,4-11H2,1-3H3. The van der Waals surface area contributed by atoms with Crippen LogP contribution in [0, 0.1) is 5.92 Å². The fourth-order valence-electron chi connectivity index (χ4n) is 3.33. The Balaban J connectivity index is 2.00.